The van der Waals surface area contributed by atoms with Crippen LogP contribution in [0.5, 0.6) is 5.75 Å². The van der Waals surface area contributed by atoms with Crippen LogP contribution in [0.1, 0.15) is 5.56 Å². The molecule has 11 heteroatoms. The van der Waals surface area contributed by atoms with E-state index in [4.69, 9.17) is 4.74 Å². The maximum Gasteiger partial charge on any atom is 0.181 e. The van der Waals surface area contributed by atoms with E-state index in [1.807, 2.05) is 0 Å². The molecule has 9 nitrogen and oxygen atoms in total. The summed E-state index contributed by atoms with van der Waals surface area (Å²) in [5.41, 5.74) is 0.495. The topological polar surface area (TPSA) is 116 Å². The van der Waals surface area contributed by atoms with Crippen molar-refractivity contribution < 1.29 is 17.5 Å². The van der Waals surface area contributed by atoms with Gasteiger partial charge in [-0.05, 0) is 29.0 Å². The number of hydrogen-bond acceptors (Lipinski definition) is 7. The van der Waals surface area contributed by atoms with Crippen LogP contribution in [0.3, 0.4) is 0 Å². The van der Waals surface area contributed by atoms with E-state index in [0.717, 1.165) is 0 Å². The Morgan fingerprint density at radius 1 is 1.38 bits per heavy atom. The Hall–Kier alpha value is -2.82. The van der Waals surface area contributed by atoms with Gasteiger partial charge in [0, 0.05) is 11.8 Å². The second kappa shape index (κ2) is 6.35. The Bertz CT molecular complexity index is 925. The van der Waals surface area contributed by atoms with E-state index in [-0.39, 0.29) is 28.4 Å². The SMILES string of the molecule is COc1ccc(-n2cnnn2)c(CCS(=O)(=O)c2cn[nH]c2)c1F. The first kappa shape index (κ1) is 16.1. The van der Waals surface area contributed by atoms with Crippen molar-refractivity contribution in [2.75, 3.05) is 12.9 Å². The predicted octanol–water partition coefficient (Wildman–Crippen LogP) is 0.549. The van der Waals surface area contributed by atoms with Gasteiger partial charge in [-0.25, -0.2) is 17.5 Å². The van der Waals surface area contributed by atoms with Crippen LogP contribution >= 0.6 is 0 Å². The fourth-order valence-corrected chi connectivity index (χ4v) is 3.39. The highest BCUT2D eigenvalue weighted by molar-refractivity contribution is 7.91. The second-order valence-electron chi connectivity index (χ2n) is 4.84. The molecule has 3 rings (SSSR count). The highest BCUT2D eigenvalue weighted by Gasteiger charge is 2.21. The summed E-state index contributed by atoms with van der Waals surface area (Å²) in [6.45, 7) is 0. The first-order valence-corrected chi connectivity index (χ1v) is 8.48. The lowest BCUT2D eigenvalue weighted by Crippen LogP contribution is -2.12. The summed E-state index contributed by atoms with van der Waals surface area (Å²) in [5, 5.41) is 16.8. The van der Waals surface area contributed by atoms with Crippen molar-refractivity contribution in [1.29, 1.82) is 0 Å². The zero-order valence-corrected chi connectivity index (χ0v) is 13.4. The fraction of sp³-hybridized carbons (Fsp3) is 0.231. The number of tetrazole rings is 1. The number of halogens is 1. The number of methoxy groups -OCH3 is 1. The summed E-state index contributed by atoms with van der Waals surface area (Å²) in [5.74, 6) is -0.929. The minimum Gasteiger partial charge on any atom is -0.494 e. The molecule has 0 fully saturated rings. The lowest BCUT2D eigenvalue weighted by Gasteiger charge is -2.12. The van der Waals surface area contributed by atoms with Crippen molar-refractivity contribution in [3.63, 3.8) is 0 Å². The van der Waals surface area contributed by atoms with E-state index in [1.165, 1.54) is 36.6 Å². The van der Waals surface area contributed by atoms with Crippen LogP contribution in [0.15, 0.2) is 35.7 Å². The number of hydrogen-bond donors (Lipinski definition) is 1. The third kappa shape index (κ3) is 2.97. The monoisotopic (exact) mass is 352 g/mol. The van der Waals surface area contributed by atoms with Gasteiger partial charge >= 0.3 is 0 Å². The molecule has 1 aromatic carbocycles. The van der Waals surface area contributed by atoms with Gasteiger partial charge in [-0.3, -0.25) is 5.10 Å². The van der Waals surface area contributed by atoms with E-state index < -0.39 is 15.7 Å². The van der Waals surface area contributed by atoms with Crippen LogP contribution < -0.4 is 4.74 Å². The number of sulfone groups is 1. The van der Waals surface area contributed by atoms with Crippen LogP contribution in [-0.4, -0.2) is 51.7 Å². The van der Waals surface area contributed by atoms with Gasteiger partial charge in [0.15, 0.2) is 21.4 Å². The average molecular weight is 352 g/mol. The molecule has 1 N–H and O–H groups in total. The van der Waals surface area contributed by atoms with Crippen LogP contribution in [0.2, 0.25) is 0 Å². The first-order chi connectivity index (χ1) is 11.5. The summed E-state index contributed by atoms with van der Waals surface area (Å²) in [6.07, 6.45) is 3.71. The molecule has 3 aromatic rings. The third-order valence-corrected chi connectivity index (χ3v) is 5.13. The van der Waals surface area contributed by atoms with E-state index in [1.54, 1.807) is 6.07 Å². The smallest absolute Gasteiger partial charge is 0.181 e. The van der Waals surface area contributed by atoms with Crippen molar-refractivity contribution >= 4 is 9.84 Å². The van der Waals surface area contributed by atoms with E-state index >= 15 is 0 Å². The molecule has 0 aliphatic carbocycles. The first-order valence-electron chi connectivity index (χ1n) is 6.83. The van der Waals surface area contributed by atoms with Gasteiger partial charge in [0.05, 0.1) is 24.7 Å². The van der Waals surface area contributed by atoms with E-state index in [9.17, 15) is 12.8 Å². The number of rotatable bonds is 6. The number of nitrogens with one attached hydrogen (secondary N) is 1. The molecular formula is C13H13FN6O3S. The van der Waals surface area contributed by atoms with Crippen molar-refractivity contribution in [3.8, 4) is 11.4 Å². The van der Waals surface area contributed by atoms with Gasteiger partial charge in [0.1, 0.15) is 11.2 Å². The van der Waals surface area contributed by atoms with E-state index in [2.05, 4.69) is 25.7 Å². The molecule has 0 aliphatic rings. The third-order valence-electron chi connectivity index (χ3n) is 3.45. The van der Waals surface area contributed by atoms with Crippen molar-refractivity contribution in [2.45, 2.75) is 11.3 Å². The summed E-state index contributed by atoms with van der Waals surface area (Å²) >= 11 is 0. The standard InChI is InChI=1S/C13H13FN6O3S/c1-23-12-3-2-11(20-8-17-18-19-20)10(13(12)14)4-5-24(21,22)9-6-15-16-7-9/h2-3,6-8H,4-5H2,1H3,(H,15,16). The predicted molar refractivity (Wildman–Crippen MR) is 80.0 cm³/mol. The molecule has 0 atom stereocenters. The van der Waals surface area contributed by atoms with Crippen LogP contribution in [-0.2, 0) is 16.3 Å². The van der Waals surface area contributed by atoms with Gasteiger partial charge in [-0.2, -0.15) is 5.10 Å². The quantitative estimate of drug-likeness (QED) is 0.688. The Kier molecular flexibility index (Phi) is 4.25. The molecule has 2 heterocycles. The summed E-state index contributed by atoms with van der Waals surface area (Å²) in [6, 6.07) is 3.00. The molecule has 0 bridgehead atoms. The molecule has 0 spiro atoms. The van der Waals surface area contributed by atoms with Crippen molar-refractivity contribution in [3.05, 3.63) is 42.2 Å². The molecular weight excluding hydrogens is 339 g/mol. The maximum absolute atomic E-state index is 14.6. The molecule has 0 unspecified atom stereocenters. The largest absolute Gasteiger partial charge is 0.494 e. The van der Waals surface area contributed by atoms with E-state index in [0.29, 0.717) is 5.69 Å². The second-order valence-corrected chi connectivity index (χ2v) is 6.95. The fourth-order valence-electron chi connectivity index (χ4n) is 2.23. The number of H-pyrrole nitrogens is 1. The number of benzene rings is 1. The molecule has 24 heavy (non-hydrogen) atoms. The molecule has 0 radical (unpaired) electrons. The van der Waals surface area contributed by atoms with Crippen molar-refractivity contribution in [1.82, 2.24) is 30.4 Å². The molecule has 0 amide bonds. The highest BCUT2D eigenvalue weighted by atomic mass is 32.2. The Morgan fingerprint density at radius 3 is 2.83 bits per heavy atom. The highest BCUT2D eigenvalue weighted by Crippen LogP contribution is 2.27. The minimum atomic E-state index is -3.60. The lowest BCUT2D eigenvalue weighted by atomic mass is 10.1. The zero-order chi connectivity index (χ0) is 17.2. The van der Waals surface area contributed by atoms with Crippen LogP contribution in [0.4, 0.5) is 4.39 Å². The number of aromatic amines is 1. The normalized spacial score (nSPS) is 11.6. The number of ether oxygens (including phenoxy) is 1. The lowest BCUT2D eigenvalue weighted by molar-refractivity contribution is 0.384. The number of aromatic nitrogens is 6. The average Bonchev–Trinajstić information content (AvgIpc) is 3.26. The van der Waals surface area contributed by atoms with Gasteiger partial charge in [0.25, 0.3) is 0 Å². The van der Waals surface area contributed by atoms with Gasteiger partial charge < -0.3 is 4.74 Å². The number of nitrogens with zero attached hydrogens (tertiary/aromatic N) is 5. The maximum atomic E-state index is 14.6. The van der Waals surface area contributed by atoms with Crippen LogP contribution in [0.25, 0.3) is 5.69 Å². The van der Waals surface area contributed by atoms with Gasteiger partial charge in [-0.15, -0.1) is 5.10 Å². The van der Waals surface area contributed by atoms with Gasteiger partial charge in [-0.1, -0.05) is 0 Å². The summed E-state index contributed by atoms with van der Waals surface area (Å²) in [4.78, 5) is 0.0507. The molecule has 2 aromatic heterocycles. The Morgan fingerprint density at radius 2 is 2.21 bits per heavy atom. The molecule has 0 saturated heterocycles. The molecule has 126 valence electrons. The summed E-state index contributed by atoms with van der Waals surface area (Å²) in [7, 11) is -2.26. The molecule has 0 aliphatic heterocycles. The minimum absolute atomic E-state index is 0.0162. The Balaban J connectivity index is 1.97. The van der Waals surface area contributed by atoms with Crippen LogP contribution in [0, 0.1) is 5.82 Å². The van der Waals surface area contributed by atoms with Crippen molar-refractivity contribution in [2.24, 2.45) is 0 Å². The Labute approximate surface area is 136 Å². The van der Waals surface area contributed by atoms with Gasteiger partial charge in [0.2, 0.25) is 0 Å². The molecule has 0 saturated carbocycles. The zero-order valence-electron chi connectivity index (χ0n) is 12.5. The summed E-state index contributed by atoms with van der Waals surface area (Å²) < 4.78 is 45.4.